The summed E-state index contributed by atoms with van der Waals surface area (Å²) < 4.78 is 15.9. The predicted octanol–water partition coefficient (Wildman–Crippen LogP) is 4.12. The largest absolute Gasteiger partial charge is 0.495 e. The molecule has 0 aromatic heterocycles. The third kappa shape index (κ3) is 7.56. The van der Waals surface area contributed by atoms with Crippen molar-refractivity contribution in [2.45, 2.75) is 52.7 Å². The molecule has 0 fully saturated rings. The lowest BCUT2D eigenvalue weighted by Crippen LogP contribution is -2.46. The van der Waals surface area contributed by atoms with Gasteiger partial charge in [0.15, 0.2) is 0 Å². The Morgan fingerprint density at radius 1 is 1.14 bits per heavy atom. The van der Waals surface area contributed by atoms with E-state index in [0.29, 0.717) is 10.9 Å². The van der Waals surface area contributed by atoms with Crippen LogP contribution in [0.2, 0.25) is 0 Å². The lowest BCUT2D eigenvalue weighted by molar-refractivity contribution is -0.118. The van der Waals surface area contributed by atoms with E-state index in [1.165, 1.54) is 14.2 Å². The molecule has 0 saturated heterocycles. The van der Waals surface area contributed by atoms with E-state index in [4.69, 9.17) is 14.2 Å². The Hall–Kier alpha value is -2.29. The molecule has 0 radical (unpaired) electrons. The van der Waals surface area contributed by atoms with E-state index >= 15 is 0 Å². The minimum atomic E-state index is -0.856. The highest BCUT2D eigenvalue weighted by Gasteiger charge is 2.28. The quantitative estimate of drug-likeness (QED) is 0.578. The molecule has 9 heteroatoms. The first-order valence-corrected chi connectivity index (χ1v) is 9.94. The van der Waals surface area contributed by atoms with Gasteiger partial charge < -0.3 is 24.8 Å². The Kier molecular flexibility index (Phi) is 8.94. The van der Waals surface area contributed by atoms with E-state index < -0.39 is 29.6 Å². The topological polar surface area (TPSA) is 103 Å². The Balaban J connectivity index is 3.17. The van der Waals surface area contributed by atoms with Crippen molar-refractivity contribution in [2.75, 3.05) is 19.5 Å². The highest BCUT2D eigenvalue weighted by Crippen LogP contribution is 2.35. The molecule has 8 nitrogen and oxygen atoms in total. The van der Waals surface area contributed by atoms with Gasteiger partial charge in [-0.25, -0.2) is 9.59 Å². The van der Waals surface area contributed by atoms with Crippen molar-refractivity contribution in [1.82, 2.24) is 5.32 Å². The normalized spacial score (nSPS) is 12.2. The molecule has 2 N–H and O–H groups in total. The molecule has 162 valence electrons. The molecule has 1 rings (SSSR count). The van der Waals surface area contributed by atoms with Gasteiger partial charge in [-0.2, -0.15) is 0 Å². The molecule has 29 heavy (non-hydrogen) atoms. The Labute approximate surface area is 179 Å². The van der Waals surface area contributed by atoms with Crippen LogP contribution in [0.25, 0.3) is 0 Å². The first-order valence-electron chi connectivity index (χ1n) is 9.14. The molecule has 0 aliphatic heterocycles. The minimum Gasteiger partial charge on any atom is -0.495 e. The summed E-state index contributed by atoms with van der Waals surface area (Å²) in [6, 6.07) is 2.33. The number of anilines is 1. The van der Waals surface area contributed by atoms with Crippen LogP contribution in [0, 0.1) is 5.92 Å². The van der Waals surface area contributed by atoms with Crippen LogP contribution >= 0.6 is 15.9 Å². The highest BCUT2D eigenvalue weighted by atomic mass is 79.9. The first kappa shape index (κ1) is 24.7. The van der Waals surface area contributed by atoms with Crippen molar-refractivity contribution in [3.63, 3.8) is 0 Å². The van der Waals surface area contributed by atoms with Crippen LogP contribution in [0.5, 0.6) is 5.75 Å². The van der Waals surface area contributed by atoms with Crippen LogP contribution in [0.4, 0.5) is 10.5 Å². The number of amides is 2. The molecule has 0 bridgehead atoms. The van der Waals surface area contributed by atoms with Gasteiger partial charge in [-0.15, -0.1) is 0 Å². The van der Waals surface area contributed by atoms with Gasteiger partial charge in [0, 0.05) is 0 Å². The third-order valence-electron chi connectivity index (χ3n) is 3.68. The van der Waals surface area contributed by atoms with E-state index in [9.17, 15) is 14.4 Å². The summed E-state index contributed by atoms with van der Waals surface area (Å²) in [5.74, 6) is -0.798. The van der Waals surface area contributed by atoms with Gasteiger partial charge in [0.05, 0.1) is 24.4 Å². The summed E-state index contributed by atoms with van der Waals surface area (Å²) in [5, 5.41) is 5.29. The zero-order valence-electron chi connectivity index (χ0n) is 17.8. The number of methoxy groups -OCH3 is 2. The van der Waals surface area contributed by atoms with Gasteiger partial charge in [-0.05, 0) is 61.2 Å². The van der Waals surface area contributed by atoms with Crippen LogP contribution in [0.1, 0.15) is 51.4 Å². The number of nitrogens with one attached hydrogen (secondary N) is 2. The SMILES string of the molecule is COC(=O)c1c(NC(=O)[C@@H](CC(C)C)NC(=O)OC(C)(C)C)ccc(Br)c1OC. The van der Waals surface area contributed by atoms with E-state index in [1.54, 1.807) is 32.9 Å². The molecule has 0 aliphatic carbocycles. The molecule has 0 unspecified atom stereocenters. The molecule has 0 aliphatic rings. The molecule has 2 amide bonds. The summed E-state index contributed by atoms with van der Waals surface area (Å²) in [4.78, 5) is 37.3. The molecule has 1 atom stereocenters. The zero-order valence-corrected chi connectivity index (χ0v) is 19.4. The van der Waals surface area contributed by atoms with Crippen LogP contribution in [-0.2, 0) is 14.3 Å². The van der Waals surface area contributed by atoms with Crippen molar-refractivity contribution < 1.29 is 28.6 Å². The second kappa shape index (κ2) is 10.5. The highest BCUT2D eigenvalue weighted by molar-refractivity contribution is 9.10. The van der Waals surface area contributed by atoms with Crippen molar-refractivity contribution in [3.05, 3.63) is 22.2 Å². The Morgan fingerprint density at radius 2 is 1.76 bits per heavy atom. The fourth-order valence-corrected chi connectivity index (χ4v) is 3.03. The number of carbonyl (C=O) groups excluding carboxylic acids is 3. The van der Waals surface area contributed by atoms with Crippen molar-refractivity contribution >= 4 is 39.6 Å². The van der Waals surface area contributed by atoms with Gasteiger partial charge in [-0.3, -0.25) is 4.79 Å². The zero-order chi connectivity index (χ0) is 22.4. The van der Waals surface area contributed by atoms with Crippen molar-refractivity contribution in [3.8, 4) is 5.75 Å². The molecular formula is C20H29BrN2O6. The molecule has 1 aromatic rings. The number of halogens is 1. The van der Waals surface area contributed by atoms with E-state index in [1.807, 2.05) is 13.8 Å². The summed E-state index contributed by atoms with van der Waals surface area (Å²) in [7, 11) is 2.64. The molecular weight excluding hydrogens is 444 g/mol. The maximum Gasteiger partial charge on any atom is 0.408 e. The molecule has 0 saturated carbocycles. The number of hydrogen-bond donors (Lipinski definition) is 2. The van der Waals surface area contributed by atoms with Gasteiger partial charge >= 0.3 is 12.1 Å². The van der Waals surface area contributed by atoms with Gasteiger partial charge in [0.1, 0.15) is 23.0 Å². The Bertz CT molecular complexity index is 758. The van der Waals surface area contributed by atoms with Gasteiger partial charge in [0.25, 0.3) is 0 Å². The maximum atomic E-state index is 12.9. The van der Waals surface area contributed by atoms with E-state index in [-0.39, 0.29) is 22.9 Å². The van der Waals surface area contributed by atoms with Gasteiger partial charge in [-0.1, -0.05) is 13.8 Å². The Morgan fingerprint density at radius 3 is 2.24 bits per heavy atom. The number of benzene rings is 1. The average Bonchev–Trinajstić information content (AvgIpc) is 2.59. The molecule has 0 heterocycles. The lowest BCUT2D eigenvalue weighted by Gasteiger charge is -2.24. The summed E-state index contributed by atoms with van der Waals surface area (Å²) in [6.07, 6.45) is -0.313. The number of esters is 1. The van der Waals surface area contributed by atoms with Crippen LogP contribution in [0.15, 0.2) is 16.6 Å². The van der Waals surface area contributed by atoms with Crippen molar-refractivity contribution in [2.24, 2.45) is 5.92 Å². The van der Waals surface area contributed by atoms with Crippen molar-refractivity contribution in [1.29, 1.82) is 0 Å². The lowest BCUT2D eigenvalue weighted by atomic mass is 10.0. The van der Waals surface area contributed by atoms with E-state index in [0.717, 1.165) is 0 Å². The fourth-order valence-electron chi connectivity index (χ4n) is 2.54. The number of rotatable bonds is 7. The number of carbonyl (C=O) groups is 3. The van der Waals surface area contributed by atoms with Crippen LogP contribution < -0.4 is 15.4 Å². The maximum absolute atomic E-state index is 12.9. The molecule has 1 aromatic carbocycles. The summed E-state index contributed by atoms with van der Waals surface area (Å²) in [5.41, 5.74) is -0.417. The fraction of sp³-hybridized carbons (Fsp3) is 0.550. The minimum absolute atomic E-state index is 0.0679. The third-order valence-corrected chi connectivity index (χ3v) is 4.30. The molecule has 0 spiro atoms. The number of ether oxygens (including phenoxy) is 3. The standard InChI is InChI=1S/C20H29BrN2O6/c1-11(2)10-14(23-19(26)29-20(3,4)5)17(24)22-13-9-8-12(21)16(27-6)15(13)18(25)28-7/h8-9,11,14H,10H2,1-7H3,(H,22,24)(H,23,26)/t14-/m1/s1. The second-order valence-electron chi connectivity index (χ2n) is 7.81. The number of alkyl carbamates (subject to hydrolysis) is 1. The second-order valence-corrected chi connectivity index (χ2v) is 8.67. The monoisotopic (exact) mass is 472 g/mol. The average molecular weight is 473 g/mol. The van der Waals surface area contributed by atoms with Crippen LogP contribution in [0.3, 0.4) is 0 Å². The van der Waals surface area contributed by atoms with Gasteiger partial charge in [0.2, 0.25) is 5.91 Å². The smallest absolute Gasteiger partial charge is 0.408 e. The summed E-state index contributed by atoms with van der Waals surface area (Å²) in [6.45, 7) is 9.07. The van der Waals surface area contributed by atoms with Crippen LogP contribution in [-0.4, -0.2) is 43.8 Å². The number of hydrogen-bond acceptors (Lipinski definition) is 6. The summed E-state index contributed by atoms with van der Waals surface area (Å²) >= 11 is 3.31. The first-order chi connectivity index (χ1) is 13.4. The predicted molar refractivity (Wildman–Crippen MR) is 113 cm³/mol. The van der Waals surface area contributed by atoms with E-state index in [2.05, 4.69) is 26.6 Å².